The van der Waals surface area contributed by atoms with Crippen molar-refractivity contribution < 1.29 is 14.9 Å². The molecular weight excluding hydrogens is 264 g/mol. The van der Waals surface area contributed by atoms with Crippen LogP contribution >= 0.6 is 0 Å². The van der Waals surface area contributed by atoms with Gasteiger partial charge in [0.2, 0.25) is 5.95 Å². The maximum Gasteiger partial charge on any atom is 0.354 e. The Labute approximate surface area is 116 Å². The van der Waals surface area contributed by atoms with E-state index in [9.17, 15) is 15.0 Å². The molecule has 1 aliphatic heterocycles. The lowest BCUT2D eigenvalue weighted by Gasteiger charge is -2.35. The minimum Gasteiger partial charge on any atom is -0.393 e. The summed E-state index contributed by atoms with van der Waals surface area (Å²) in [6.45, 7) is 6.17. The van der Waals surface area contributed by atoms with Crippen molar-refractivity contribution in [3.63, 3.8) is 0 Å². The Hall–Kier alpha value is -1.51. The number of hydrogen-bond donors (Lipinski definition) is 3. The minimum absolute atomic E-state index is 0.128. The molecule has 0 aliphatic carbocycles. The summed E-state index contributed by atoms with van der Waals surface area (Å²) in [5.74, 6) is -0.616. The van der Waals surface area contributed by atoms with Gasteiger partial charge in [-0.2, -0.15) is 4.98 Å². The monoisotopic (exact) mass is 284 g/mol. The molecule has 4 unspecified atom stereocenters. The van der Waals surface area contributed by atoms with Crippen molar-refractivity contribution >= 4 is 5.95 Å². The maximum atomic E-state index is 12.0. The maximum absolute atomic E-state index is 12.0. The van der Waals surface area contributed by atoms with Gasteiger partial charge in [-0.1, -0.05) is 6.92 Å². The fourth-order valence-corrected chi connectivity index (χ4v) is 2.73. The van der Waals surface area contributed by atoms with E-state index in [1.165, 1.54) is 10.9 Å². The average molecular weight is 284 g/mol. The van der Waals surface area contributed by atoms with E-state index >= 15 is 0 Å². The smallest absolute Gasteiger partial charge is 0.354 e. The third-order valence-electron chi connectivity index (χ3n) is 4.65. The number of ether oxygens (including phenoxy) is 1. The van der Waals surface area contributed by atoms with Gasteiger partial charge < -0.3 is 20.7 Å². The Kier molecular flexibility index (Phi) is 3.16. The molecule has 0 bridgehead atoms. The van der Waals surface area contributed by atoms with E-state index in [1.807, 2.05) is 0 Å². The highest BCUT2D eigenvalue weighted by atomic mass is 16.6. The number of aliphatic hydroxyl groups excluding tert-OH is 1. The van der Waals surface area contributed by atoms with Crippen molar-refractivity contribution in [2.45, 2.75) is 44.6 Å². The molecular formula is C12H20N4O4. The molecule has 2 heterocycles. The topological polar surface area (TPSA) is 123 Å². The fourth-order valence-electron chi connectivity index (χ4n) is 2.73. The van der Waals surface area contributed by atoms with Crippen LogP contribution in [0.4, 0.5) is 5.95 Å². The van der Waals surface area contributed by atoms with Crippen LogP contribution in [-0.2, 0) is 10.5 Å². The Balaban J connectivity index is 2.59. The average Bonchev–Trinajstić information content (AvgIpc) is 2.49. The van der Waals surface area contributed by atoms with Crippen LogP contribution in [0, 0.1) is 5.92 Å². The van der Waals surface area contributed by atoms with E-state index in [0.29, 0.717) is 0 Å². The number of anilines is 1. The number of nitrogens with two attached hydrogens (primary N) is 1. The van der Waals surface area contributed by atoms with Gasteiger partial charge in [0.15, 0.2) is 5.72 Å². The molecule has 2 rings (SSSR count). The number of aromatic nitrogens is 3. The van der Waals surface area contributed by atoms with Crippen molar-refractivity contribution in [1.29, 1.82) is 0 Å². The molecule has 112 valence electrons. The zero-order chi connectivity index (χ0) is 15.3. The Bertz CT molecular complexity index is 584. The zero-order valence-electron chi connectivity index (χ0n) is 12.0. The van der Waals surface area contributed by atoms with E-state index in [2.05, 4.69) is 9.97 Å². The highest BCUT2D eigenvalue weighted by Crippen LogP contribution is 2.51. The first-order chi connectivity index (χ1) is 9.08. The lowest BCUT2D eigenvalue weighted by atomic mass is 9.77. The van der Waals surface area contributed by atoms with Crippen LogP contribution < -0.4 is 11.4 Å². The predicted octanol–water partition coefficient (Wildman–Crippen LogP) is -0.938. The summed E-state index contributed by atoms with van der Waals surface area (Å²) >= 11 is 0. The number of nitrogen functional groups attached to an aromatic ring is 1. The standard InChI is InChI=1S/C12H20N4O4/c1-7-11(3,19)10(2,5-17)20-12(7,4)16-6-14-8(13)15-9(16)18/h6-7,17,19H,5H2,1-4H3,(H2,13,15,18). The van der Waals surface area contributed by atoms with Crippen LogP contribution in [0.3, 0.4) is 0 Å². The number of hydrogen-bond acceptors (Lipinski definition) is 7. The molecule has 4 N–H and O–H groups in total. The van der Waals surface area contributed by atoms with Crippen LogP contribution in [0.5, 0.6) is 0 Å². The first kappa shape index (κ1) is 14.9. The van der Waals surface area contributed by atoms with Crippen molar-refractivity contribution in [3.05, 3.63) is 16.8 Å². The summed E-state index contributed by atoms with van der Waals surface area (Å²) in [6, 6.07) is 0. The number of aliphatic hydroxyl groups is 2. The molecule has 1 aliphatic rings. The molecule has 0 radical (unpaired) electrons. The fraction of sp³-hybridized carbons (Fsp3) is 0.750. The molecule has 20 heavy (non-hydrogen) atoms. The first-order valence-corrected chi connectivity index (χ1v) is 6.33. The van der Waals surface area contributed by atoms with Crippen LogP contribution in [0.1, 0.15) is 27.7 Å². The van der Waals surface area contributed by atoms with E-state index in [1.54, 1.807) is 27.7 Å². The molecule has 4 atom stereocenters. The molecule has 8 nitrogen and oxygen atoms in total. The molecule has 1 aromatic heterocycles. The second-order valence-electron chi connectivity index (χ2n) is 5.78. The molecule has 0 saturated carbocycles. The normalized spacial score (nSPS) is 41.0. The highest BCUT2D eigenvalue weighted by Gasteiger charge is 2.64. The van der Waals surface area contributed by atoms with Crippen LogP contribution in [0.15, 0.2) is 11.1 Å². The Morgan fingerprint density at radius 2 is 2.10 bits per heavy atom. The van der Waals surface area contributed by atoms with Crippen molar-refractivity contribution in [2.24, 2.45) is 5.92 Å². The lowest BCUT2D eigenvalue weighted by Crippen LogP contribution is -2.52. The first-order valence-electron chi connectivity index (χ1n) is 6.33. The van der Waals surface area contributed by atoms with Crippen LogP contribution in [-0.4, -0.2) is 42.6 Å². The summed E-state index contributed by atoms with van der Waals surface area (Å²) in [6.07, 6.45) is 1.24. The van der Waals surface area contributed by atoms with Crippen molar-refractivity contribution in [2.75, 3.05) is 12.3 Å². The van der Waals surface area contributed by atoms with Gasteiger partial charge in [-0.15, -0.1) is 0 Å². The lowest BCUT2D eigenvalue weighted by molar-refractivity contribution is -0.180. The van der Waals surface area contributed by atoms with E-state index < -0.39 is 28.5 Å². The van der Waals surface area contributed by atoms with Crippen LogP contribution in [0.25, 0.3) is 0 Å². The largest absolute Gasteiger partial charge is 0.393 e. The van der Waals surface area contributed by atoms with E-state index in [-0.39, 0.29) is 12.6 Å². The van der Waals surface area contributed by atoms with Gasteiger partial charge >= 0.3 is 5.69 Å². The van der Waals surface area contributed by atoms with Gasteiger partial charge in [-0.3, -0.25) is 4.57 Å². The molecule has 1 aromatic rings. The van der Waals surface area contributed by atoms with Crippen molar-refractivity contribution in [1.82, 2.24) is 14.5 Å². The third-order valence-corrected chi connectivity index (χ3v) is 4.65. The van der Waals surface area contributed by atoms with Gasteiger partial charge in [-0.25, -0.2) is 9.78 Å². The van der Waals surface area contributed by atoms with Crippen LogP contribution in [0.2, 0.25) is 0 Å². The van der Waals surface area contributed by atoms with Gasteiger partial charge in [0.1, 0.15) is 11.9 Å². The third kappa shape index (κ3) is 1.75. The summed E-state index contributed by atoms with van der Waals surface area (Å²) < 4.78 is 7.05. The SMILES string of the molecule is CC1C(C)(n2cnc(N)nc2=O)OC(C)(CO)C1(C)O. The predicted molar refractivity (Wildman–Crippen MR) is 70.7 cm³/mol. The number of nitrogens with zero attached hydrogens (tertiary/aromatic N) is 3. The number of rotatable bonds is 2. The molecule has 0 aromatic carbocycles. The Morgan fingerprint density at radius 1 is 1.50 bits per heavy atom. The highest BCUT2D eigenvalue weighted by molar-refractivity contribution is 5.13. The summed E-state index contributed by atoms with van der Waals surface area (Å²) in [5.41, 5.74) is 1.02. The minimum atomic E-state index is -1.34. The van der Waals surface area contributed by atoms with Crippen molar-refractivity contribution in [3.8, 4) is 0 Å². The molecule has 8 heteroatoms. The quantitative estimate of drug-likeness (QED) is 0.640. The molecule has 0 amide bonds. The summed E-state index contributed by atoms with van der Waals surface area (Å²) in [7, 11) is 0. The molecule has 1 saturated heterocycles. The van der Waals surface area contributed by atoms with E-state index in [0.717, 1.165) is 0 Å². The van der Waals surface area contributed by atoms with Gasteiger partial charge in [-0.05, 0) is 20.8 Å². The molecule has 1 fully saturated rings. The second kappa shape index (κ2) is 4.24. The van der Waals surface area contributed by atoms with Gasteiger partial charge in [0.25, 0.3) is 0 Å². The van der Waals surface area contributed by atoms with E-state index in [4.69, 9.17) is 10.5 Å². The second-order valence-corrected chi connectivity index (χ2v) is 5.78. The molecule has 0 spiro atoms. The summed E-state index contributed by atoms with van der Waals surface area (Å²) in [4.78, 5) is 19.4. The zero-order valence-corrected chi connectivity index (χ0v) is 12.0. The summed E-state index contributed by atoms with van der Waals surface area (Å²) in [5, 5.41) is 20.2. The Morgan fingerprint density at radius 3 is 2.55 bits per heavy atom. The van der Waals surface area contributed by atoms with Gasteiger partial charge in [0, 0.05) is 5.92 Å². The van der Waals surface area contributed by atoms with Gasteiger partial charge in [0.05, 0.1) is 12.2 Å².